The summed E-state index contributed by atoms with van der Waals surface area (Å²) in [5.41, 5.74) is 2.95. The molecular weight excluding hydrogens is 318 g/mol. The van der Waals surface area contributed by atoms with Crippen LogP contribution in [0, 0.1) is 6.92 Å². The normalized spacial score (nSPS) is 12.7. The second kappa shape index (κ2) is 6.99. The zero-order valence-electron chi connectivity index (χ0n) is 13.4. The van der Waals surface area contributed by atoms with Gasteiger partial charge in [-0.3, -0.25) is 0 Å². The summed E-state index contributed by atoms with van der Waals surface area (Å²) in [6, 6.07) is 25.5. The SMILES string of the molecule is Cc1ccc([C@@H](NS(=O)(=O)c2ccccc2)c2ccccc2)cc1. The fourth-order valence-electron chi connectivity index (χ4n) is 2.56. The third kappa shape index (κ3) is 3.72. The highest BCUT2D eigenvalue weighted by atomic mass is 32.2. The molecule has 0 saturated carbocycles. The highest BCUT2D eigenvalue weighted by Crippen LogP contribution is 2.24. The van der Waals surface area contributed by atoms with Crippen molar-refractivity contribution >= 4 is 10.0 Å². The number of rotatable bonds is 5. The van der Waals surface area contributed by atoms with Crippen LogP contribution >= 0.6 is 0 Å². The molecule has 122 valence electrons. The predicted molar refractivity (Wildman–Crippen MR) is 96.2 cm³/mol. The van der Waals surface area contributed by atoms with E-state index in [1.807, 2.05) is 61.5 Å². The number of hydrogen-bond donors (Lipinski definition) is 1. The quantitative estimate of drug-likeness (QED) is 0.763. The van der Waals surface area contributed by atoms with Crippen molar-refractivity contribution in [3.05, 3.63) is 102 Å². The molecule has 3 aromatic carbocycles. The fraction of sp³-hybridized carbons (Fsp3) is 0.100. The Hall–Kier alpha value is -2.43. The minimum Gasteiger partial charge on any atom is -0.207 e. The average molecular weight is 337 g/mol. The molecule has 0 heterocycles. The Balaban J connectivity index is 2.01. The van der Waals surface area contributed by atoms with E-state index in [0.717, 1.165) is 16.7 Å². The van der Waals surface area contributed by atoms with Crippen LogP contribution < -0.4 is 4.72 Å². The molecule has 3 aromatic rings. The molecule has 0 spiro atoms. The maximum absolute atomic E-state index is 12.7. The molecule has 0 radical (unpaired) electrons. The van der Waals surface area contributed by atoms with Gasteiger partial charge in [0.1, 0.15) is 0 Å². The van der Waals surface area contributed by atoms with Crippen LogP contribution in [0.3, 0.4) is 0 Å². The minimum absolute atomic E-state index is 0.262. The standard InChI is InChI=1S/C20H19NO2S/c1-16-12-14-18(15-13-16)20(17-8-4-2-5-9-17)21-24(22,23)19-10-6-3-7-11-19/h2-15,20-21H,1H3/t20-/m0/s1. The Morgan fingerprint density at radius 1 is 0.708 bits per heavy atom. The van der Waals surface area contributed by atoms with Gasteiger partial charge < -0.3 is 0 Å². The molecule has 3 rings (SSSR count). The van der Waals surface area contributed by atoms with Gasteiger partial charge in [0, 0.05) is 0 Å². The molecule has 4 heteroatoms. The van der Waals surface area contributed by atoms with Crippen LogP contribution in [0.2, 0.25) is 0 Å². The van der Waals surface area contributed by atoms with Crippen LogP contribution in [0.25, 0.3) is 0 Å². The van der Waals surface area contributed by atoms with Gasteiger partial charge in [-0.1, -0.05) is 78.4 Å². The molecule has 0 fully saturated rings. The topological polar surface area (TPSA) is 46.2 Å². The van der Waals surface area contributed by atoms with E-state index in [9.17, 15) is 8.42 Å². The smallest absolute Gasteiger partial charge is 0.207 e. The van der Waals surface area contributed by atoms with Crippen molar-refractivity contribution in [2.45, 2.75) is 17.9 Å². The van der Waals surface area contributed by atoms with E-state index in [0.29, 0.717) is 0 Å². The van der Waals surface area contributed by atoms with Gasteiger partial charge in [0.15, 0.2) is 0 Å². The van der Waals surface area contributed by atoms with Gasteiger partial charge in [0.2, 0.25) is 10.0 Å². The predicted octanol–water partition coefficient (Wildman–Crippen LogP) is 4.06. The Labute approximate surface area is 143 Å². The Kier molecular flexibility index (Phi) is 4.79. The van der Waals surface area contributed by atoms with Crippen molar-refractivity contribution in [2.75, 3.05) is 0 Å². The van der Waals surface area contributed by atoms with Crippen molar-refractivity contribution in [2.24, 2.45) is 0 Å². The van der Waals surface area contributed by atoms with Crippen LogP contribution in [0.15, 0.2) is 89.8 Å². The van der Waals surface area contributed by atoms with Crippen LogP contribution in [0.4, 0.5) is 0 Å². The van der Waals surface area contributed by atoms with Crippen molar-refractivity contribution in [3.8, 4) is 0 Å². The molecule has 24 heavy (non-hydrogen) atoms. The highest BCUT2D eigenvalue weighted by molar-refractivity contribution is 7.89. The van der Waals surface area contributed by atoms with Gasteiger partial charge in [0.05, 0.1) is 10.9 Å². The lowest BCUT2D eigenvalue weighted by Gasteiger charge is -2.20. The maximum Gasteiger partial charge on any atom is 0.241 e. The van der Waals surface area contributed by atoms with Gasteiger partial charge in [-0.05, 0) is 30.2 Å². The van der Waals surface area contributed by atoms with Crippen molar-refractivity contribution in [1.82, 2.24) is 4.72 Å². The van der Waals surface area contributed by atoms with Crippen LogP contribution in [-0.4, -0.2) is 8.42 Å². The zero-order valence-corrected chi connectivity index (χ0v) is 14.2. The second-order valence-electron chi connectivity index (χ2n) is 5.69. The molecule has 0 unspecified atom stereocenters. The van der Waals surface area contributed by atoms with E-state index in [2.05, 4.69) is 4.72 Å². The lowest BCUT2D eigenvalue weighted by atomic mass is 9.99. The van der Waals surface area contributed by atoms with Crippen molar-refractivity contribution in [3.63, 3.8) is 0 Å². The van der Waals surface area contributed by atoms with Gasteiger partial charge in [0.25, 0.3) is 0 Å². The maximum atomic E-state index is 12.7. The lowest BCUT2D eigenvalue weighted by Crippen LogP contribution is -2.29. The largest absolute Gasteiger partial charge is 0.241 e. The number of aryl methyl sites for hydroxylation is 1. The molecule has 0 aliphatic rings. The van der Waals surface area contributed by atoms with Crippen LogP contribution in [0.1, 0.15) is 22.7 Å². The first kappa shape index (κ1) is 16.4. The first-order valence-corrected chi connectivity index (χ1v) is 9.23. The van der Waals surface area contributed by atoms with Crippen LogP contribution in [0.5, 0.6) is 0 Å². The van der Waals surface area contributed by atoms with E-state index >= 15 is 0 Å². The fourth-order valence-corrected chi connectivity index (χ4v) is 3.79. The van der Waals surface area contributed by atoms with Gasteiger partial charge in [-0.2, -0.15) is 4.72 Å². The number of sulfonamides is 1. The van der Waals surface area contributed by atoms with Crippen LogP contribution in [-0.2, 0) is 10.0 Å². The molecule has 0 aliphatic carbocycles. The molecule has 0 amide bonds. The highest BCUT2D eigenvalue weighted by Gasteiger charge is 2.22. The summed E-state index contributed by atoms with van der Waals surface area (Å²) in [4.78, 5) is 0.262. The van der Waals surface area contributed by atoms with E-state index < -0.39 is 16.1 Å². The van der Waals surface area contributed by atoms with E-state index in [4.69, 9.17) is 0 Å². The molecule has 0 aliphatic heterocycles. The Bertz CT molecular complexity index is 889. The number of nitrogens with one attached hydrogen (secondary N) is 1. The van der Waals surface area contributed by atoms with E-state index in [1.54, 1.807) is 30.3 Å². The summed E-state index contributed by atoms with van der Waals surface area (Å²) in [7, 11) is -3.62. The first-order valence-electron chi connectivity index (χ1n) is 7.75. The third-order valence-corrected chi connectivity index (χ3v) is 5.31. The van der Waals surface area contributed by atoms with Gasteiger partial charge in [-0.15, -0.1) is 0 Å². The van der Waals surface area contributed by atoms with E-state index in [-0.39, 0.29) is 4.90 Å². The molecule has 0 aromatic heterocycles. The lowest BCUT2D eigenvalue weighted by molar-refractivity contribution is 0.572. The van der Waals surface area contributed by atoms with Crippen molar-refractivity contribution < 1.29 is 8.42 Å². The molecule has 0 bridgehead atoms. The molecule has 1 N–H and O–H groups in total. The Morgan fingerprint density at radius 3 is 1.79 bits per heavy atom. The molecule has 3 nitrogen and oxygen atoms in total. The van der Waals surface area contributed by atoms with Crippen molar-refractivity contribution in [1.29, 1.82) is 0 Å². The number of hydrogen-bond acceptors (Lipinski definition) is 2. The number of benzene rings is 3. The zero-order chi connectivity index (χ0) is 17.0. The summed E-state index contributed by atoms with van der Waals surface area (Å²) >= 11 is 0. The van der Waals surface area contributed by atoms with Gasteiger partial charge in [-0.25, -0.2) is 8.42 Å². The average Bonchev–Trinajstić information content (AvgIpc) is 2.62. The second-order valence-corrected chi connectivity index (χ2v) is 7.40. The summed E-state index contributed by atoms with van der Waals surface area (Å²) in [6.07, 6.45) is 0. The summed E-state index contributed by atoms with van der Waals surface area (Å²) in [5.74, 6) is 0. The summed E-state index contributed by atoms with van der Waals surface area (Å²) in [5, 5.41) is 0. The van der Waals surface area contributed by atoms with E-state index in [1.165, 1.54) is 0 Å². The monoisotopic (exact) mass is 337 g/mol. The third-order valence-electron chi connectivity index (χ3n) is 3.87. The molecule has 0 saturated heterocycles. The van der Waals surface area contributed by atoms with Gasteiger partial charge >= 0.3 is 0 Å². The molecular formula is C20H19NO2S. The first-order chi connectivity index (χ1) is 11.6. The summed E-state index contributed by atoms with van der Waals surface area (Å²) in [6.45, 7) is 2.01. The minimum atomic E-state index is -3.62. The Morgan fingerprint density at radius 2 is 1.21 bits per heavy atom. The molecule has 1 atom stereocenters. The summed E-state index contributed by atoms with van der Waals surface area (Å²) < 4.78 is 28.3.